The van der Waals surface area contributed by atoms with Gasteiger partial charge in [-0.1, -0.05) is 23.4 Å². The van der Waals surface area contributed by atoms with Gasteiger partial charge in [-0.05, 0) is 51.5 Å². The van der Waals surface area contributed by atoms with Crippen LogP contribution in [0.3, 0.4) is 0 Å². The molecular weight excluding hydrogens is 414 g/mol. The first-order chi connectivity index (χ1) is 14.8. The fourth-order valence-electron chi connectivity index (χ4n) is 3.39. The van der Waals surface area contributed by atoms with E-state index in [-0.39, 0.29) is 11.3 Å². The number of aromatic nitrogens is 2. The number of thiophene rings is 1. The van der Waals surface area contributed by atoms with Gasteiger partial charge in [0.2, 0.25) is 0 Å². The van der Waals surface area contributed by atoms with Crippen LogP contribution in [-0.2, 0) is 9.53 Å². The molecule has 1 aromatic carbocycles. The van der Waals surface area contributed by atoms with Gasteiger partial charge in [0.05, 0.1) is 22.3 Å². The van der Waals surface area contributed by atoms with E-state index in [0.29, 0.717) is 22.5 Å². The third-order valence-corrected chi connectivity index (χ3v) is 5.87. The zero-order valence-electron chi connectivity index (χ0n) is 17.6. The molecule has 31 heavy (non-hydrogen) atoms. The highest BCUT2D eigenvalue weighted by Crippen LogP contribution is 2.33. The van der Waals surface area contributed by atoms with Crippen molar-refractivity contribution < 1.29 is 18.8 Å². The van der Waals surface area contributed by atoms with Crippen LogP contribution in [0.5, 0.6) is 0 Å². The van der Waals surface area contributed by atoms with Crippen molar-refractivity contribution in [2.45, 2.75) is 27.7 Å². The highest BCUT2D eigenvalue weighted by atomic mass is 32.1. The van der Waals surface area contributed by atoms with Crippen LogP contribution in [0, 0.1) is 27.7 Å². The summed E-state index contributed by atoms with van der Waals surface area (Å²) < 4.78 is 10.6. The van der Waals surface area contributed by atoms with Gasteiger partial charge in [-0.2, -0.15) is 0 Å². The number of nitrogens with zero attached hydrogens (tertiary/aromatic N) is 2. The second-order valence-corrected chi connectivity index (χ2v) is 8.73. The van der Waals surface area contributed by atoms with Gasteiger partial charge in [-0.25, -0.2) is 9.78 Å². The fourth-order valence-corrected chi connectivity index (χ4v) is 4.32. The van der Waals surface area contributed by atoms with Crippen molar-refractivity contribution in [3.05, 3.63) is 63.0 Å². The summed E-state index contributed by atoms with van der Waals surface area (Å²) in [5.41, 5.74) is 4.18. The number of benzene rings is 1. The number of fused-ring (bicyclic) bond motifs is 1. The number of pyridine rings is 1. The number of amides is 1. The van der Waals surface area contributed by atoms with Gasteiger partial charge in [0.25, 0.3) is 11.6 Å². The Bertz CT molecular complexity index is 1310. The molecule has 3 aromatic heterocycles. The minimum absolute atomic E-state index is 0.259. The third-order valence-electron chi connectivity index (χ3n) is 4.91. The van der Waals surface area contributed by atoms with Crippen LogP contribution in [0.15, 0.2) is 40.9 Å². The highest BCUT2D eigenvalue weighted by molar-refractivity contribution is 7.12. The van der Waals surface area contributed by atoms with Crippen LogP contribution in [0.2, 0.25) is 0 Å². The summed E-state index contributed by atoms with van der Waals surface area (Å²) in [5.74, 6) is -1.05. The minimum Gasteiger partial charge on any atom is -0.452 e. The van der Waals surface area contributed by atoms with Crippen LogP contribution < -0.4 is 5.32 Å². The first-order valence-electron chi connectivity index (χ1n) is 9.70. The summed E-state index contributed by atoms with van der Waals surface area (Å²) >= 11 is 1.65. The molecular formula is C23H21N3O4S. The molecule has 3 heterocycles. The lowest BCUT2D eigenvalue weighted by Crippen LogP contribution is -2.21. The van der Waals surface area contributed by atoms with E-state index >= 15 is 0 Å². The number of carbonyl (C=O) groups is 2. The Morgan fingerprint density at radius 3 is 2.61 bits per heavy atom. The molecule has 158 valence electrons. The van der Waals surface area contributed by atoms with Crippen molar-refractivity contribution in [2.75, 3.05) is 11.9 Å². The molecule has 0 fully saturated rings. The number of hydrogen-bond donors (Lipinski definition) is 1. The average Bonchev–Trinajstić information content (AvgIpc) is 3.28. The Morgan fingerprint density at radius 1 is 1.13 bits per heavy atom. The number of rotatable bonds is 5. The predicted molar refractivity (Wildman–Crippen MR) is 119 cm³/mol. The number of para-hydroxylation sites is 1. The first-order valence-corrected chi connectivity index (χ1v) is 10.5. The fraction of sp³-hybridized carbons (Fsp3) is 0.217. The summed E-state index contributed by atoms with van der Waals surface area (Å²) in [6.07, 6.45) is 0. The molecule has 0 aliphatic carbocycles. The molecule has 0 aliphatic heterocycles. The lowest BCUT2D eigenvalue weighted by atomic mass is 10.1. The van der Waals surface area contributed by atoms with Gasteiger partial charge >= 0.3 is 5.97 Å². The average molecular weight is 436 g/mol. The third kappa shape index (κ3) is 4.20. The molecule has 7 nitrogen and oxygen atoms in total. The van der Waals surface area contributed by atoms with Crippen molar-refractivity contribution in [3.63, 3.8) is 0 Å². The van der Waals surface area contributed by atoms with Crippen LogP contribution in [0.25, 0.3) is 22.4 Å². The van der Waals surface area contributed by atoms with E-state index in [9.17, 15) is 9.59 Å². The summed E-state index contributed by atoms with van der Waals surface area (Å²) in [7, 11) is 0. The normalized spacial score (nSPS) is 11.0. The SMILES string of the molecule is Cc1cc(-c2cc(C(=O)OCC(=O)Nc3ccccc3C)c3c(C)noc3n2)c(C)s1. The van der Waals surface area contributed by atoms with Crippen LogP contribution >= 0.6 is 11.3 Å². The lowest BCUT2D eigenvalue weighted by molar-refractivity contribution is -0.119. The van der Waals surface area contributed by atoms with Crippen molar-refractivity contribution >= 4 is 40.0 Å². The van der Waals surface area contributed by atoms with Crippen LogP contribution in [0.1, 0.15) is 31.4 Å². The quantitative estimate of drug-likeness (QED) is 0.444. The van der Waals surface area contributed by atoms with Crippen molar-refractivity contribution in [1.82, 2.24) is 10.1 Å². The largest absolute Gasteiger partial charge is 0.452 e. The molecule has 0 aliphatic rings. The van der Waals surface area contributed by atoms with E-state index in [0.717, 1.165) is 20.9 Å². The smallest absolute Gasteiger partial charge is 0.339 e. The summed E-state index contributed by atoms with van der Waals surface area (Å²) in [4.78, 5) is 32.0. The van der Waals surface area contributed by atoms with Gasteiger partial charge in [0.1, 0.15) is 0 Å². The van der Waals surface area contributed by atoms with Crippen molar-refractivity contribution in [1.29, 1.82) is 0 Å². The van der Waals surface area contributed by atoms with E-state index in [4.69, 9.17) is 9.26 Å². The molecule has 8 heteroatoms. The van der Waals surface area contributed by atoms with Gasteiger partial charge in [0, 0.05) is 21.0 Å². The Morgan fingerprint density at radius 2 is 1.90 bits per heavy atom. The summed E-state index contributed by atoms with van der Waals surface area (Å²) in [6, 6.07) is 11.1. The number of ether oxygens (including phenoxy) is 1. The molecule has 0 spiro atoms. The van der Waals surface area contributed by atoms with Gasteiger partial charge in [-0.15, -0.1) is 11.3 Å². The molecule has 0 bridgehead atoms. The van der Waals surface area contributed by atoms with E-state index < -0.39 is 18.5 Å². The monoisotopic (exact) mass is 435 g/mol. The van der Waals surface area contributed by atoms with Crippen molar-refractivity contribution in [2.24, 2.45) is 0 Å². The molecule has 1 amide bonds. The Kier molecular flexibility index (Phi) is 5.56. The molecule has 4 aromatic rings. The Labute approximate surface area is 183 Å². The van der Waals surface area contributed by atoms with Crippen LogP contribution in [-0.4, -0.2) is 28.6 Å². The van der Waals surface area contributed by atoms with E-state index in [2.05, 4.69) is 15.5 Å². The molecule has 0 radical (unpaired) electrons. The molecule has 0 saturated carbocycles. The van der Waals surface area contributed by atoms with Gasteiger partial charge in [0.15, 0.2) is 6.61 Å². The number of nitrogens with one attached hydrogen (secondary N) is 1. The topological polar surface area (TPSA) is 94.3 Å². The van der Waals surface area contributed by atoms with E-state index in [1.165, 1.54) is 0 Å². The molecule has 1 N–H and O–H groups in total. The molecule has 4 rings (SSSR count). The zero-order valence-corrected chi connectivity index (χ0v) is 18.4. The van der Waals surface area contributed by atoms with Gasteiger partial charge in [-0.3, -0.25) is 4.79 Å². The maximum absolute atomic E-state index is 12.9. The van der Waals surface area contributed by atoms with Crippen LogP contribution in [0.4, 0.5) is 5.69 Å². The second-order valence-electron chi connectivity index (χ2n) is 7.27. The minimum atomic E-state index is -0.635. The number of hydrogen-bond acceptors (Lipinski definition) is 7. The Balaban J connectivity index is 1.60. The molecule has 0 saturated heterocycles. The summed E-state index contributed by atoms with van der Waals surface area (Å²) in [6.45, 7) is 7.22. The standard InChI is InChI=1S/C23H21N3O4S/c1-12-7-5-6-8-18(12)24-20(27)11-29-23(28)17-10-19(16-9-13(2)31-15(16)4)25-22-21(17)14(3)26-30-22/h5-10H,11H2,1-4H3,(H,24,27). The lowest BCUT2D eigenvalue weighted by Gasteiger charge is -2.10. The van der Waals surface area contributed by atoms with Gasteiger partial charge < -0.3 is 14.6 Å². The number of anilines is 1. The molecule has 0 unspecified atom stereocenters. The zero-order chi connectivity index (χ0) is 22.1. The highest BCUT2D eigenvalue weighted by Gasteiger charge is 2.22. The maximum Gasteiger partial charge on any atom is 0.339 e. The summed E-state index contributed by atoms with van der Waals surface area (Å²) in [5, 5.41) is 7.17. The molecule has 0 atom stereocenters. The maximum atomic E-state index is 12.9. The van der Waals surface area contributed by atoms with E-state index in [1.54, 1.807) is 30.4 Å². The van der Waals surface area contributed by atoms with Crippen molar-refractivity contribution in [3.8, 4) is 11.3 Å². The number of aryl methyl sites for hydroxylation is 4. The Hall–Kier alpha value is -3.52. The number of carbonyl (C=O) groups excluding carboxylic acids is 2. The predicted octanol–water partition coefficient (Wildman–Crippen LogP) is 4.98. The first kappa shape index (κ1) is 20.7. The number of esters is 1. The second kappa shape index (κ2) is 8.31. The van der Waals surface area contributed by atoms with E-state index in [1.807, 2.05) is 45.0 Å².